The second-order valence-corrected chi connectivity index (χ2v) is 17.9. The van der Waals surface area contributed by atoms with Crippen LogP contribution in [-0.2, 0) is 51.0 Å². The first-order chi connectivity index (χ1) is 36.9. The van der Waals surface area contributed by atoms with Crippen LogP contribution in [0.4, 0.5) is 0 Å². The van der Waals surface area contributed by atoms with E-state index < -0.39 is 47.8 Å². The summed E-state index contributed by atoms with van der Waals surface area (Å²) >= 11 is 0. The number of fused-ring (bicyclic) bond motifs is 1. The van der Waals surface area contributed by atoms with Crippen LogP contribution in [-0.4, -0.2) is 152 Å². The summed E-state index contributed by atoms with van der Waals surface area (Å²) in [6.07, 6.45) is 2.04. The van der Waals surface area contributed by atoms with Gasteiger partial charge in [0.25, 0.3) is 17.7 Å². The lowest BCUT2D eigenvalue weighted by Gasteiger charge is -2.35. The zero-order valence-corrected chi connectivity index (χ0v) is 43.3. The van der Waals surface area contributed by atoms with Crippen LogP contribution in [0.2, 0.25) is 0 Å². The number of nitrogens with zero attached hydrogens (tertiary/aromatic N) is 2. The van der Waals surface area contributed by atoms with E-state index in [1.165, 1.54) is 27.4 Å². The van der Waals surface area contributed by atoms with Crippen molar-refractivity contribution in [3.05, 3.63) is 101 Å². The smallest absolute Gasteiger partial charge is 0.329 e. The van der Waals surface area contributed by atoms with Crippen LogP contribution in [0.5, 0.6) is 40.2 Å². The number of imide groups is 2. The van der Waals surface area contributed by atoms with E-state index in [1.807, 2.05) is 24.3 Å². The lowest BCUT2D eigenvalue weighted by molar-refractivity contribution is -0.162. The van der Waals surface area contributed by atoms with E-state index in [9.17, 15) is 33.6 Å². The highest BCUT2D eigenvalue weighted by molar-refractivity contribution is 6.24. The number of piperidine rings is 2. The number of benzene rings is 4. The molecule has 0 saturated carbocycles. The molecule has 21 nitrogen and oxygen atoms in total. The summed E-state index contributed by atoms with van der Waals surface area (Å²) in [6, 6.07) is 18.8. The van der Waals surface area contributed by atoms with Crippen molar-refractivity contribution in [1.29, 1.82) is 0 Å². The van der Waals surface area contributed by atoms with Gasteiger partial charge in [0.1, 0.15) is 36.3 Å². The SMILES string of the molecule is COc1ccc(CCC(OC(=O)[C@@H]2CCCCN2C(=O)Cc2cc(OC)c(OC)c(OC)c2)c2cccc(OCC(=O)NCCOCCOCCOc3cccc4c3C(=O)N(C3CCC(=O)NC3=O)C4=O)c2)cc1OC. The van der Waals surface area contributed by atoms with Crippen LogP contribution in [0.3, 0.4) is 0 Å². The molecule has 7 rings (SSSR count). The Morgan fingerprint density at radius 3 is 2.13 bits per heavy atom. The highest BCUT2D eigenvalue weighted by Crippen LogP contribution is 2.39. The number of esters is 1. The average molecular weight is 1050 g/mol. The van der Waals surface area contributed by atoms with Gasteiger partial charge in [-0.05, 0) is 104 Å². The molecule has 0 aromatic heterocycles. The molecule has 0 spiro atoms. The van der Waals surface area contributed by atoms with E-state index in [0.717, 1.165) is 23.3 Å². The second-order valence-electron chi connectivity index (χ2n) is 17.9. The van der Waals surface area contributed by atoms with E-state index in [-0.39, 0.29) is 94.1 Å². The Labute approximate surface area is 440 Å². The van der Waals surface area contributed by atoms with Crippen molar-refractivity contribution < 1.29 is 80.9 Å². The number of carbonyl (C=O) groups excluding carboxylic acids is 7. The summed E-state index contributed by atoms with van der Waals surface area (Å²) in [6.45, 7) is 1.11. The lowest BCUT2D eigenvalue weighted by atomic mass is 9.99. The highest BCUT2D eigenvalue weighted by Gasteiger charge is 2.46. The molecule has 2 N–H and O–H groups in total. The number of hydrogen-bond donors (Lipinski definition) is 2. The monoisotopic (exact) mass is 1050 g/mol. The molecule has 0 radical (unpaired) electrons. The molecule has 3 aliphatic heterocycles. The summed E-state index contributed by atoms with van der Waals surface area (Å²) in [5.74, 6) is -0.689. The van der Waals surface area contributed by atoms with E-state index in [4.69, 9.17) is 47.4 Å². The number of methoxy groups -OCH3 is 5. The van der Waals surface area contributed by atoms with E-state index in [0.29, 0.717) is 71.4 Å². The minimum atomic E-state index is -1.09. The minimum absolute atomic E-state index is 0.00932. The molecular weight excluding hydrogens is 989 g/mol. The number of nitrogens with one attached hydrogen (secondary N) is 2. The standard InChI is InChI=1S/C55H64N4O17/c1-67-42-19-16-34(28-44(42)68-2)15-18-41(76-55(66)40-13-6-7-22-58(40)49(62)31-35-29-45(69-3)51(71-5)46(30-35)70-4)36-10-8-11-37(32-36)75-33-48(61)56-21-23-72-24-25-73-26-27-74-43-14-9-12-38-50(43)54(65)59(53(38)64)39-17-20-47(60)57-52(39)63/h8-12,14,16,19,28-30,32,39-41H,6-7,13,15,17-18,20-27,31,33H2,1-5H3,(H,56,61)(H,57,60,63)/t39?,40-,41?/m0/s1. The summed E-state index contributed by atoms with van der Waals surface area (Å²) in [7, 11) is 7.63. The fraction of sp³-hybridized carbons (Fsp3) is 0.436. The molecule has 76 heavy (non-hydrogen) atoms. The van der Waals surface area contributed by atoms with Crippen molar-refractivity contribution in [2.45, 2.75) is 69.6 Å². The Kier molecular flexibility index (Phi) is 19.9. The maximum Gasteiger partial charge on any atom is 0.329 e. The third-order valence-corrected chi connectivity index (χ3v) is 13.0. The number of rotatable bonds is 27. The molecule has 6 amide bonds. The Balaban J connectivity index is 0.875. The van der Waals surface area contributed by atoms with Crippen molar-refractivity contribution in [2.75, 3.05) is 88.3 Å². The van der Waals surface area contributed by atoms with Gasteiger partial charge in [-0.3, -0.25) is 39.0 Å². The van der Waals surface area contributed by atoms with Crippen LogP contribution in [0.15, 0.2) is 72.8 Å². The maximum atomic E-state index is 14.3. The molecule has 3 heterocycles. The molecular formula is C55H64N4O17. The zero-order chi connectivity index (χ0) is 54.1. The largest absolute Gasteiger partial charge is 0.493 e. The summed E-state index contributed by atoms with van der Waals surface area (Å²) < 4.78 is 56.6. The predicted octanol–water partition coefficient (Wildman–Crippen LogP) is 4.58. The number of carbonyl (C=O) groups is 7. The van der Waals surface area contributed by atoms with Crippen LogP contribution >= 0.6 is 0 Å². The molecule has 3 aliphatic rings. The van der Waals surface area contributed by atoms with Crippen LogP contribution in [0.25, 0.3) is 0 Å². The van der Waals surface area contributed by atoms with Crippen molar-refractivity contribution >= 4 is 41.4 Å². The third kappa shape index (κ3) is 13.9. The molecule has 406 valence electrons. The molecule has 21 heteroatoms. The van der Waals surface area contributed by atoms with Crippen molar-refractivity contribution in [3.63, 3.8) is 0 Å². The van der Waals surface area contributed by atoms with Gasteiger partial charge in [0.15, 0.2) is 29.6 Å². The number of amides is 6. The predicted molar refractivity (Wildman–Crippen MR) is 271 cm³/mol. The molecule has 0 bridgehead atoms. The Morgan fingerprint density at radius 1 is 0.697 bits per heavy atom. The first-order valence-corrected chi connectivity index (χ1v) is 25.0. The zero-order valence-electron chi connectivity index (χ0n) is 43.3. The number of aryl methyl sites for hydroxylation is 1. The minimum Gasteiger partial charge on any atom is -0.493 e. The summed E-state index contributed by atoms with van der Waals surface area (Å²) in [5.41, 5.74) is 2.35. The van der Waals surface area contributed by atoms with Crippen LogP contribution in [0.1, 0.15) is 82.0 Å². The van der Waals surface area contributed by atoms with Gasteiger partial charge in [-0.15, -0.1) is 0 Å². The molecule has 3 atom stereocenters. The highest BCUT2D eigenvalue weighted by atomic mass is 16.6. The fourth-order valence-electron chi connectivity index (χ4n) is 9.24. The first-order valence-electron chi connectivity index (χ1n) is 25.0. The number of hydrogen-bond acceptors (Lipinski definition) is 17. The molecule has 2 unspecified atom stereocenters. The number of likely N-dealkylation sites (tertiary alicyclic amines) is 1. The van der Waals surface area contributed by atoms with Crippen molar-refractivity contribution in [3.8, 4) is 40.2 Å². The Bertz CT molecular complexity index is 2720. The van der Waals surface area contributed by atoms with E-state index in [2.05, 4.69) is 10.6 Å². The Hall–Kier alpha value is -7.91. The normalized spacial score (nSPS) is 16.5. The topological polar surface area (TPSA) is 242 Å². The van der Waals surface area contributed by atoms with Crippen molar-refractivity contribution in [2.24, 2.45) is 0 Å². The Morgan fingerprint density at radius 2 is 1.41 bits per heavy atom. The lowest BCUT2D eigenvalue weighted by Crippen LogP contribution is -2.54. The molecule has 4 aromatic carbocycles. The van der Waals surface area contributed by atoms with Gasteiger partial charge in [0.05, 0.1) is 79.5 Å². The molecule has 0 aliphatic carbocycles. The molecule has 2 fully saturated rings. The summed E-state index contributed by atoms with van der Waals surface area (Å²) in [4.78, 5) is 93.9. The van der Waals surface area contributed by atoms with Crippen LogP contribution < -0.4 is 43.8 Å². The second kappa shape index (κ2) is 27.0. The average Bonchev–Trinajstić information content (AvgIpc) is 3.69. The van der Waals surface area contributed by atoms with Crippen molar-refractivity contribution in [1.82, 2.24) is 20.4 Å². The fourth-order valence-corrected chi connectivity index (χ4v) is 9.24. The van der Waals surface area contributed by atoms with E-state index in [1.54, 1.807) is 61.6 Å². The van der Waals surface area contributed by atoms with Gasteiger partial charge in [0, 0.05) is 19.5 Å². The van der Waals surface area contributed by atoms with Gasteiger partial charge in [-0.1, -0.05) is 24.3 Å². The van der Waals surface area contributed by atoms with Crippen LogP contribution in [0, 0.1) is 0 Å². The molecule has 2 saturated heterocycles. The van der Waals surface area contributed by atoms with E-state index >= 15 is 0 Å². The third-order valence-electron chi connectivity index (χ3n) is 13.0. The summed E-state index contributed by atoms with van der Waals surface area (Å²) in [5, 5.41) is 4.94. The van der Waals surface area contributed by atoms with Gasteiger partial charge in [0.2, 0.25) is 23.5 Å². The maximum absolute atomic E-state index is 14.3. The number of ether oxygens (including phenoxy) is 10. The quantitative estimate of drug-likeness (QED) is 0.0472. The molecule has 4 aromatic rings. The van der Waals surface area contributed by atoms with Gasteiger partial charge in [-0.2, -0.15) is 0 Å². The van der Waals surface area contributed by atoms with Gasteiger partial charge < -0.3 is 57.6 Å². The first kappa shape index (κ1) is 55.8. The van der Waals surface area contributed by atoms with Gasteiger partial charge >= 0.3 is 5.97 Å². The van der Waals surface area contributed by atoms with Gasteiger partial charge in [-0.25, -0.2) is 4.79 Å².